The predicted molar refractivity (Wildman–Crippen MR) is 142 cm³/mol. The molecule has 0 N–H and O–H groups in total. The van der Waals surface area contributed by atoms with Crippen LogP contribution in [-0.4, -0.2) is 24.4 Å². The molecule has 3 atom stereocenters. The van der Waals surface area contributed by atoms with Gasteiger partial charge in [-0.05, 0) is 73.1 Å². The van der Waals surface area contributed by atoms with Crippen molar-refractivity contribution in [3.8, 4) is 0 Å². The topological polar surface area (TPSA) is 40.6 Å². The molecule has 3 fully saturated rings. The summed E-state index contributed by atoms with van der Waals surface area (Å²) in [5, 5.41) is 0. The second-order valence-electron chi connectivity index (χ2n) is 12.0. The molecule has 3 aliphatic carbocycles. The standard InChI is InChI=1S/C31H40N2O2/c1-30(2)23-19-20-31(3,21-23)28(30)29(35)32(24-13-7-4-8-14-24)22-27(34)33(25-15-9-5-10-16-25)26-17-11-6-12-18-26/h4-5,7-10,13-16,23,26,28H,6,11-12,17-22H2,1-3H3. The summed E-state index contributed by atoms with van der Waals surface area (Å²) in [5.41, 5.74) is 1.73. The number of rotatable bonds is 6. The number of para-hydroxylation sites is 2. The number of benzene rings is 2. The van der Waals surface area contributed by atoms with Gasteiger partial charge in [-0.1, -0.05) is 76.4 Å². The first-order valence-electron chi connectivity index (χ1n) is 13.5. The van der Waals surface area contributed by atoms with Gasteiger partial charge in [0.25, 0.3) is 0 Å². The number of anilines is 2. The number of nitrogens with zero attached hydrogens (tertiary/aromatic N) is 2. The molecule has 4 nitrogen and oxygen atoms in total. The van der Waals surface area contributed by atoms with E-state index >= 15 is 0 Å². The van der Waals surface area contributed by atoms with Crippen LogP contribution < -0.4 is 9.80 Å². The minimum atomic E-state index is -0.0680. The molecule has 2 bridgehead atoms. The molecular weight excluding hydrogens is 432 g/mol. The molecule has 0 aromatic heterocycles. The third-order valence-corrected chi connectivity index (χ3v) is 9.39. The van der Waals surface area contributed by atoms with E-state index in [4.69, 9.17) is 0 Å². The highest BCUT2D eigenvalue weighted by atomic mass is 16.2. The second kappa shape index (κ2) is 9.44. The van der Waals surface area contributed by atoms with Crippen LogP contribution in [0.5, 0.6) is 0 Å². The Bertz CT molecular complexity index is 1040. The van der Waals surface area contributed by atoms with Crippen LogP contribution in [0.25, 0.3) is 0 Å². The highest BCUT2D eigenvalue weighted by Gasteiger charge is 2.62. The van der Waals surface area contributed by atoms with Crippen molar-refractivity contribution in [3.63, 3.8) is 0 Å². The van der Waals surface area contributed by atoms with E-state index < -0.39 is 0 Å². The van der Waals surface area contributed by atoms with Gasteiger partial charge >= 0.3 is 0 Å². The van der Waals surface area contributed by atoms with E-state index in [1.807, 2.05) is 65.6 Å². The zero-order valence-corrected chi connectivity index (χ0v) is 21.6. The van der Waals surface area contributed by atoms with Gasteiger partial charge in [-0.25, -0.2) is 0 Å². The average molecular weight is 473 g/mol. The summed E-state index contributed by atoms with van der Waals surface area (Å²) < 4.78 is 0. The van der Waals surface area contributed by atoms with Gasteiger partial charge in [-0.3, -0.25) is 9.59 Å². The molecule has 0 spiro atoms. The summed E-state index contributed by atoms with van der Waals surface area (Å²) in [7, 11) is 0. The van der Waals surface area contributed by atoms with E-state index in [0.717, 1.165) is 49.9 Å². The lowest BCUT2D eigenvalue weighted by atomic mass is 9.63. The average Bonchev–Trinajstić information content (AvgIpc) is 3.35. The molecular formula is C31H40N2O2. The van der Waals surface area contributed by atoms with Crippen LogP contribution in [-0.2, 0) is 9.59 Å². The number of carbonyl (C=O) groups is 2. The Morgan fingerprint density at radius 1 is 0.829 bits per heavy atom. The summed E-state index contributed by atoms with van der Waals surface area (Å²) in [6.07, 6.45) is 9.01. The second-order valence-corrected chi connectivity index (χ2v) is 12.0. The van der Waals surface area contributed by atoms with Gasteiger partial charge in [0.05, 0.1) is 0 Å². The van der Waals surface area contributed by atoms with Crippen molar-refractivity contribution in [2.75, 3.05) is 16.3 Å². The van der Waals surface area contributed by atoms with Crippen LogP contribution in [0.4, 0.5) is 11.4 Å². The number of carbonyl (C=O) groups excluding carboxylic acids is 2. The summed E-state index contributed by atoms with van der Waals surface area (Å²) in [5.74, 6) is 0.654. The lowest BCUT2D eigenvalue weighted by molar-refractivity contribution is -0.132. The molecule has 0 radical (unpaired) electrons. The van der Waals surface area contributed by atoms with Crippen molar-refractivity contribution in [1.82, 2.24) is 0 Å². The SMILES string of the molecule is CC12CCC(C1)C(C)(C)C2C(=O)N(CC(=O)N(c1ccccc1)C1CCCCC1)c1ccccc1. The van der Waals surface area contributed by atoms with Crippen LogP contribution in [0.15, 0.2) is 60.7 Å². The molecule has 0 saturated heterocycles. The highest BCUT2D eigenvalue weighted by Crippen LogP contribution is 2.66. The van der Waals surface area contributed by atoms with E-state index in [1.165, 1.54) is 12.8 Å². The van der Waals surface area contributed by atoms with E-state index in [2.05, 4.69) is 20.8 Å². The largest absolute Gasteiger partial charge is 0.308 e. The molecule has 0 heterocycles. The van der Waals surface area contributed by atoms with Gasteiger partial charge in [0.15, 0.2) is 0 Å². The van der Waals surface area contributed by atoms with Crippen molar-refractivity contribution in [1.29, 1.82) is 0 Å². The molecule has 2 amide bonds. The van der Waals surface area contributed by atoms with Crippen LogP contribution in [0.3, 0.4) is 0 Å². The van der Waals surface area contributed by atoms with Crippen molar-refractivity contribution in [2.24, 2.45) is 22.7 Å². The number of hydrogen-bond donors (Lipinski definition) is 0. The van der Waals surface area contributed by atoms with Crippen molar-refractivity contribution in [3.05, 3.63) is 60.7 Å². The van der Waals surface area contributed by atoms with E-state index in [9.17, 15) is 9.59 Å². The maximum absolute atomic E-state index is 14.4. The molecule has 3 unspecified atom stereocenters. The summed E-state index contributed by atoms with van der Waals surface area (Å²) >= 11 is 0. The van der Waals surface area contributed by atoms with Crippen molar-refractivity contribution >= 4 is 23.2 Å². The van der Waals surface area contributed by atoms with Crippen molar-refractivity contribution < 1.29 is 9.59 Å². The Morgan fingerprint density at radius 3 is 2.00 bits per heavy atom. The minimum absolute atomic E-state index is 0.0177. The molecule has 0 aliphatic heterocycles. The van der Waals surface area contributed by atoms with Crippen molar-refractivity contribution in [2.45, 2.75) is 78.2 Å². The monoisotopic (exact) mass is 472 g/mol. The molecule has 2 aromatic carbocycles. The Balaban J connectivity index is 1.48. The first kappa shape index (κ1) is 24.1. The highest BCUT2D eigenvalue weighted by molar-refractivity contribution is 6.05. The van der Waals surface area contributed by atoms with Crippen LogP contribution >= 0.6 is 0 Å². The molecule has 2 aromatic rings. The van der Waals surface area contributed by atoms with E-state index in [0.29, 0.717) is 5.92 Å². The fraction of sp³-hybridized carbons (Fsp3) is 0.548. The Hall–Kier alpha value is -2.62. The van der Waals surface area contributed by atoms with Gasteiger partial charge in [0.2, 0.25) is 11.8 Å². The number of hydrogen-bond acceptors (Lipinski definition) is 2. The minimum Gasteiger partial charge on any atom is -0.308 e. The molecule has 3 saturated carbocycles. The third-order valence-electron chi connectivity index (χ3n) is 9.39. The maximum atomic E-state index is 14.4. The molecule has 4 heteroatoms. The lowest BCUT2D eigenvalue weighted by Gasteiger charge is -2.44. The fourth-order valence-electron chi connectivity index (χ4n) is 7.68. The Kier molecular flexibility index (Phi) is 6.50. The summed E-state index contributed by atoms with van der Waals surface area (Å²) in [4.78, 5) is 32.3. The van der Waals surface area contributed by atoms with Gasteiger partial charge < -0.3 is 9.80 Å². The Labute approximate surface area is 210 Å². The van der Waals surface area contributed by atoms with Gasteiger partial charge in [0.1, 0.15) is 6.54 Å². The smallest absolute Gasteiger partial charge is 0.247 e. The zero-order chi connectivity index (χ0) is 24.6. The van der Waals surface area contributed by atoms with E-state index in [1.54, 1.807) is 4.90 Å². The number of amides is 2. The predicted octanol–water partition coefficient (Wildman–Crippen LogP) is 6.85. The van der Waals surface area contributed by atoms with Crippen LogP contribution in [0.2, 0.25) is 0 Å². The summed E-state index contributed by atoms with van der Waals surface area (Å²) in [6.45, 7) is 6.93. The quantitative estimate of drug-likeness (QED) is 0.461. The lowest BCUT2D eigenvalue weighted by Crippen LogP contribution is -2.53. The van der Waals surface area contributed by atoms with Crippen LogP contribution in [0, 0.1) is 22.7 Å². The fourth-order valence-corrected chi connectivity index (χ4v) is 7.68. The van der Waals surface area contributed by atoms with Gasteiger partial charge in [0, 0.05) is 23.3 Å². The molecule has 5 rings (SSSR count). The Morgan fingerprint density at radius 2 is 1.43 bits per heavy atom. The molecule has 3 aliphatic rings. The molecule has 35 heavy (non-hydrogen) atoms. The maximum Gasteiger partial charge on any atom is 0.247 e. The van der Waals surface area contributed by atoms with E-state index in [-0.39, 0.29) is 41.1 Å². The van der Waals surface area contributed by atoms with Gasteiger partial charge in [-0.15, -0.1) is 0 Å². The first-order valence-corrected chi connectivity index (χ1v) is 13.5. The molecule has 186 valence electrons. The third kappa shape index (κ3) is 4.41. The van der Waals surface area contributed by atoms with Crippen LogP contribution in [0.1, 0.15) is 72.1 Å². The zero-order valence-electron chi connectivity index (χ0n) is 21.6. The van der Waals surface area contributed by atoms with Gasteiger partial charge in [-0.2, -0.15) is 0 Å². The number of fused-ring (bicyclic) bond motifs is 2. The first-order chi connectivity index (χ1) is 16.8. The normalized spacial score (nSPS) is 27.5. The summed E-state index contributed by atoms with van der Waals surface area (Å²) in [6, 6.07) is 20.1.